The molecule has 0 radical (unpaired) electrons. The molecule has 1 aromatic rings. The van der Waals surface area contributed by atoms with Crippen LogP contribution in [0.3, 0.4) is 0 Å². The van der Waals surface area contributed by atoms with E-state index in [1.54, 1.807) is 24.4 Å². The molecule has 1 heterocycles. The first-order valence-corrected chi connectivity index (χ1v) is 4.86. The second-order valence-electron chi connectivity index (χ2n) is 3.73. The minimum absolute atomic E-state index is 0.116. The van der Waals surface area contributed by atoms with Gasteiger partial charge in [0.1, 0.15) is 0 Å². The Morgan fingerprint density at radius 1 is 1.40 bits per heavy atom. The molecule has 0 fully saturated rings. The van der Waals surface area contributed by atoms with Crippen LogP contribution in [0.15, 0.2) is 24.4 Å². The molecule has 0 spiro atoms. The third-order valence-electron chi connectivity index (χ3n) is 2.55. The van der Waals surface area contributed by atoms with Gasteiger partial charge in [-0.1, -0.05) is 6.08 Å². The second-order valence-corrected chi connectivity index (χ2v) is 3.73. The summed E-state index contributed by atoms with van der Waals surface area (Å²) in [6, 6.07) is 3.47. The maximum absolute atomic E-state index is 12.9. The summed E-state index contributed by atoms with van der Waals surface area (Å²) in [4.78, 5) is 4.11. The molecule has 0 unspecified atom stereocenters. The number of alkyl halides is 2. The van der Waals surface area contributed by atoms with Gasteiger partial charge in [-0.3, -0.25) is 4.98 Å². The molecule has 4 heteroatoms. The third-order valence-corrected chi connectivity index (χ3v) is 2.55. The zero-order valence-corrected chi connectivity index (χ0v) is 8.21. The van der Waals surface area contributed by atoms with Gasteiger partial charge in [-0.15, -0.1) is 0 Å². The lowest BCUT2D eigenvalue weighted by Crippen LogP contribution is -2.18. The van der Waals surface area contributed by atoms with Crippen LogP contribution < -0.4 is 5.73 Å². The predicted molar refractivity (Wildman–Crippen MR) is 55.4 cm³/mol. The lowest BCUT2D eigenvalue weighted by molar-refractivity contribution is -0.00605. The molecule has 15 heavy (non-hydrogen) atoms. The number of nitrogens with zero attached hydrogens (tertiary/aromatic N) is 1. The van der Waals surface area contributed by atoms with Gasteiger partial charge in [-0.2, -0.15) is 0 Å². The van der Waals surface area contributed by atoms with Crippen molar-refractivity contribution in [3.05, 3.63) is 30.1 Å². The van der Waals surface area contributed by atoms with Gasteiger partial charge in [0.2, 0.25) is 0 Å². The summed E-state index contributed by atoms with van der Waals surface area (Å²) in [5.74, 6) is -2.56. The molecule has 1 aliphatic rings. The molecule has 80 valence electrons. The fourth-order valence-electron chi connectivity index (χ4n) is 1.70. The Balaban J connectivity index is 2.27. The highest BCUT2D eigenvalue weighted by Crippen LogP contribution is 2.36. The maximum Gasteiger partial charge on any atom is 0.251 e. The van der Waals surface area contributed by atoms with E-state index in [2.05, 4.69) is 4.98 Å². The Bertz CT molecular complexity index is 399. The first-order chi connectivity index (χ1) is 7.08. The number of anilines is 1. The number of aromatic nitrogens is 1. The quantitative estimate of drug-likeness (QED) is 0.774. The standard InChI is InChI=1S/C11H12F2N2/c12-11(13)5-3-8(4-6-11)10-9(14)2-1-7-15-10/h1-3,7H,4-6,14H2. The van der Waals surface area contributed by atoms with Crippen LogP contribution >= 0.6 is 0 Å². The first-order valence-electron chi connectivity index (χ1n) is 4.86. The van der Waals surface area contributed by atoms with Crippen molar-refractivity contribution in [1.29, 1.82) is 0 Å². The van der Waals surface area contributed by atoms with E-state index in [1.165, 1.54) is 0 Å². The molecule has 0 saturated heterocycles. The number of pyridine rings is 1. The summed E-state index contributed by atoms with van der Waals surface area (Å²) in [5.41, 5.74) is 7.76. The molecule has 1 aliphatic carbocycles. The van der Waals surface area contributed by atoms with Gasteiger partial charge >= 0.3 is 0 Å². The number of allylic oxidation sites excluding steroid dienone is 2. The number of rotatable bonds is 1. The van der Waals surface area contributed by atoms with E-state index >= 15 is 0 Å². The summed E-state index contributed by atoms with van der Waals surface area (Å²) in [6.07, 6.45) is 3.18. The van der Waals surface area contributed by atoms with E-state index < -0.39 is 5.92 Å². The molecule has 0 amide bonds. The van der Waals surface area contributed by atoms with Crippen molar-refractivity contribution in [3.8, 4) is 0 Å². The largest absolute Gasteiger partial charge is 0.397 e. The summed E-state index contributed by atoms with van der Waals surface area (Å²) >= 11 is 0. The SMILES string of the molecule is Nc1cccnc1C1=CCC(F)(F)CC1. The fraction of sp³-hybridized carbons (Fsp3) is 0.364. The monoisotopic (exact) mass is 210 g/mol. The Morgan fingerprint density at radius 3 is 2.80 bits per heavy atom. The highest BCUT2D eigenvalue weighted by molar-refractivity contribution is 5.72. The summed E-state index contributed by atoms with van der Waals surface area (Å²) in [6.45, 7) is 0. The van der Waals surface area contributed by atoms with Gasteiger partial charge in [0, 0.05) is 19.0 Å². The molecule has 0 atom stereocenters. The summed E-state index contributed by atoms with van der Waals surface area (Å²) in [7, 11) is 0. The smallest absolute Gasteiger partial charge is 0.251 e. The Hall–Kier alpha value is -1.45. The third kappa shape index (κ3) is 2.14. The van der Waals surface area contributed by atoms with Crippen molar-refractivity contribution in [2.24, 2.45) is 0 Å². The molecule has 0 aliphatic heterocycles. The van der Waals surface area contributed by atoms with Gasteiger partial charge < -0.3 is 5.73 Å². The minimum Gasteiger partial charge on any atom is -0.397 e. The van der Waals surface area contributed by atoms with Crippen molar-refractivity contribution in [2.45, 2.75) is 25.2 Å². The van der Waals surface area contributed by atoms with E-state index in [9.17, 15) is 8.78 Å². The van der Waals surface area contributed by atoms with Crippen molar-refractivity contribution in [3.63, 3.8) is 0 Å². The zero-order valence-electron chi connectivity index (χ0n) is 8.21. The number of nitrogens with two attached hydrogens (primary N) is 1. The topological polar surface area (TPSA) is 38.9 Å². The molecule has 2 rings (SSSR count). The second kappa shape index (κ2) is 3.61. The molecule has 0 bridgehead atoms. The molecule has 2 N–H and O–H groups in total. The number of halogens is 2. The van der Waals surface area contributed by atoms with Crippen LogP contribution in [0.5, 0.6) is 0 Å². The van der Waals surface area contributed by atoms with Crippen LogP contribution in [0.1, 0.15) is 25.0 Å². The Labute approximate surface area is 86.8 Å². The molecule has 1 aromatic heterocycles. The van der Waals surface area contributed by atoms with Crippen LogP contribution in [0.25, 0.3) is 5.57 Å². The normalized spacial score (nSPS) is 19.7. The molecule has 0 saturated carbocycles. The van der Waals surface area contributed by atoms with Gasteiger partial charge in [0.15, 0.2) is 0 Å². The first kappa shape index (κ1) is 10.1. The Kier molecular flexibility index (Phi) is 2.42. The van der Waals surface area contributed by atoms with Crippen LogP contribution in [-0.2, 0) is 0 Å². The number of hydrogen-bond acceptors (Lipinski definition) is 2. The average molecular weight is 210 g/mol. The molecule has 0 aromatic carbocycles. The van der Waals surface area contributed by atoms with Crippen LogP contribution in [0.4, 0.5) is 14.5 Å². The summed E-state index contributed by atoms with van der Waals surface area (Å²) < 4.78 is 25.8. The van der Waals surface area contributed by atoms with Crippen LogP contribution in [0.2, 0.25) is 0 Å². The van der Waals surface area contributed by atoms with Gasteiger partial charge in [0.05, 0.1) is 11.4 Å². The minimum atomic E-state index is -2.56. The van der Waals surface area contributed by atoms with E-state index in [0.717, 1.165) is 5.57 Å². The molecule has 2 nitrogen and oxygen atoms in total. The van der Waals surface area contributed by atoms with Crippen molar-refractivity contribution in [2.75, 3.05) is 5.73 Å². The van der Waals surface area contributed by atoms with Crippen LogP contribution in [0, 0.1) is 0 Å². The summed E-state index contributed by atoms with van der Waals surface area (Å²) in [5, 5.41) is 0. The van der Waals surface area contributed by atoms with Crippen molar-refractivity contribution < 1.29 is 8.78 Å². The highest BCUT2D eigenvalue weighted by Gasteiger charge is 2.31. The maximum atomic E-state index is 12.9. The molecular formula is C11H12F2N2. The van der Waals surface area contributed by atoms with Gasteiger partial charge in [-0.05, 0) is 24.1 Å². The number of nitrogen functional groups attached to an aromatic ring is 1. The van der Waals surface area contributed by atoms with E-state index in [1.807, 2.05) is 0 Å². The lowest BCUT2D eigenvalue weighted by Gasteiger charge is -2.21. The van der Waals surface area contributed by atoms with Crippen molar-refractivity contribution >= 4 is 11.3 Å². The van der Waals surface area contributed by atoms with E-state index in [4.69, 9.17) is 5.73 Å². The van der Waals surface area contributed by atoms with E-state index in [0.29, 0.717) is 17.8 Å². The van der Waals surface area contributed by atoms with Gasteiger partial charge in [-0.25, -0.2) is 8.78 Å². The zero-order chi connectivity index (χ0) is 10.9. The predicted octanol–water partition coefficient (Wildman–Crippen LogP) is 2.87. The molecular weight excluding hydrogens is 198 g/mol. The van der Waals surface area contributed by atoms with Gasteiger partial charge in [0.25, 0.3) is 5.92 Å². The average Bonchev–Trinajstić information content (AvgIpc) is 2.19. The van der Waals surface area contributed by atoms with E-state index in [-0.39, 0.29) is 12.8 Å². The lowest BCUT2D eigenvalue weighted by atomic mass is 9.93. The number of hydrogen-bond donors (Lipinski definition) is 1. The highest BCUT2D eigenvalue weighted by atomic mass is 19.3. The Morgan fingerprint density at radius 2 is 2.20 bits per heavy atom. The fourth-order valence-corrected chi connectivity index (χ4v) is 1.70. The van der Waals surface area contributed by atoms with Crippen LogP contribution in [-0.4, -0.2) is 10.9 Å². The van der Waals surface area contributed by atoms with Crippen molar-refractivity contribution in [1.82, 2.24) is 4.98 Å².